The molecule has 0 aromatic carbocycles. The molecule has 1 N–H and O–H groups in total. The van der Waals surface area contributed by atoms with Crippen LogP contribution in [0.25, 0.3) is 0 Å². The van der Waals surface area contributed by atoms with Crippen molar-refractivity contribution in [2.24, 2.45) is 0 Å². The molecule has 0 amide bonds. The van der Waals surface area contributed by atoms with E-state index in [4.69, 9.17) is 4.74 Å². The maximum absolute atomic E-state index is 12.1. The number of rotatable bonds is 2. The highest BCUT2D eigenvalue weighted by Crippen LogP contribution is 2.46. The molecule has 2 unspecified atom stereocenters. The zero-order chi connectivity index (χ0) is 13.6. The Morgan fingerprint density at radius 2 is 2.00 bits per heavy atom. The van der Waals surface area contributed by atoms with Crippen LogP contribution in [0.1, 0.15) is 36.9 Å². The summed E-state index contributed by atoms with van der Waals surface area (Å²) in [6.07, 6.45) is 3.13. The minimum atomic E-state index is -0.872. The van der Waals surface area contributed by atoms with Gasteiger partial charge in [0.05, 0.1) is 12.7 Å². The molecule has 104 valence electrons. The highest BCUT2D eigenvalue weighted by molar-refractivity contribution is 7.86. The van der Waals surface area contributed by atoms with Crippen LogP contribution in [0.5, 0.6) is 5.88 Å². The van der Waals surface area contributed by atoms with Crippen molar-refractivity contribution in [3.05, 3.63) is 23.4 Å². The van der Waals surface area contributed by atoms with E-state index in [1.807, 2.05) is 13.0 Å². The summed E-state index contributed by atoms with van der Waals surface area (Å²) < 4.78 is 17.2. The first-order valence-corrected chi connectivity index (χ1v) is 7.95. The van der Waals surface area contributed by atoms with E-state index < -0.39 is 16.4 Å². The third-order valence-electron chi connectivity index (χ3n) is 4.37. The molecule has 2 aliphatic rings. The van der Waals surface area contributed by atoms with Gasteiger partial charge in [-0.1, -0.05) is 0 Å². The molecule has 5 heteroatoms. The number of ether oxygens (including phenoxy) is 1. The predicted molar refractivity (Wildman–Crippen MR) is 73.6 cm³/mol. The molecule has 0 radical (unpaired) electrons. The molecule has 2 saturated heterocycles. The number of hydrogen-bond acceptors (Lipinski definition) is 4. The summed E-state index contributed by atoms with van der Waals surface area (Å²) in [6, 6.07) is 3.68. The van der Waals surface area contributed by atoms with Crippen LogP contribution in [-0.2, 0) is 16.4 Å². The van der Waals surface area contributed by atoms with E-state index in [1.165, 1.54) is 0 Å². The summed E-state index contributed by atoms with van der Waals surface area (Å²) in [6.45, 7) is 1.89. The summed E-state index contributed by atoms with van der Waals surface area (Å²) in [7, 11) is 0.827. The summed E-state index contributed by atoms with van der Waals surface area (Å²) in [4.78, 5) is 4.34. The quantitative estimate of drug-likeness (QED) is 0.895. The van der Waals surface area contributed by atoms with Crippen LogP contribution < -0.4 is 4.74 Å². The van der Waals surface area contributed by atoms with E-state index in [2.05, 4.69) is 4.98 Å². The van der Waals surface area contributed by atoms with Gasteiger partial charge in [-0.05, 0) is 38.7 Å². The second-order valence-corrected chi connectivity index (χ2v) is 7.57. The average molecular weight is 281 g/mol. The normalized spacial score (nSPS) is 37.3. The second kappa shape index (κ2) is 4.56. The van der Waals surface area contributed by atoms with Crippen molar-refractivity contribution in [3.8, 4) is 5.88 Å². The van der Waals surface area contributed by atoms with Gasteiger partial charge in [-0.2, -0.15) is 0 Å². The molecule has 0 spiro atoms. The van der Waals surface area contributed by atoms with Gasteiger partial charge in [0.15, 0.2) is 0 Å². The van der Waals surface area contributed by atoms with Crippen molar-refractivity contribution >= 4 is 10.8 Å². The lowest BCUT2D eigenvalue weighted by atomic mass is 9.85. The third kappa shape index (κ3) is 2.09. The second-order valence-electron chi connectivity index (χ2n) is 5.58. The van der Waals surface area contributed by atoms with Gasteiger partial charge in [-0.15, -0.1) is 0 Å². The Hall–Kier alpha value is -0.940. The Kier molecular flexibility index (Phi) is 3.14. The largest absolute Gasteiger partial charge is 0.481 e. The third-order valence-corrected chi connectivity index (χ3v) is 6.49. The van der Waals surface area contributed by atoms with Gasteiger partial charge >= 0.3 is 0 Å². The molecule has 19 heavy (non-hydrogen) atoms. The number of pyridine rings is 1. The molecule has 0 saturated carbocycles. The number of fused-ring (bicyclic) bond motifs is 2. The molecule has 0 aliphatic carbocycles. The van der Waals surface area contributed by atoms with Crippen LogP contribution in [0.15, 0.2) is 12.1 Å². The fraction of sp³-hybridized carbons (Fsp3) is 0.643. The Bertz CT molecular complexity index is 515. The molecule has 2 fully saturated rings. The number of aliphatic hydroxyl groups is 1. The van der Waals surface area contributed by atoms with Crippen molar-refractivity contribution in [2.45, 2.75) is 48.7 Å². The van der Waals surface area contributed by atoms with Crippen molar-refractivity contribution in [3.63, 3.8) is 0 Å². The molecule has 1 aromatic rings. The lowest BCUT2D eigenvalue weighted by Gasteiger charge is -2.36. The first-order chi connectivity index (χ1) is 9.03. The number of aryl methyl sites for hydroxylation is 1. The molecule has 2 bridgehead atoms. The van der Waals surface area contributed by atoms with Crippen LogP contribution in [0, 0.1) is 6.92 Å². The number of hydrogen-bond donors (Lipinski definition) is 1. The topological polar surface area (TPSA) is 59.4 Å². The SMILES string of the molecule is COc1ccc(C2(O)CC3CCC(C2)S3=O)c(C)n1. The van der Waals surface area contributed by atoms with E-state index in [1.54, 1.807) is 13.2 Å². The summed E-state index contributed by atoms with van der Waals surface area (Å²) in [5, 5.41) is 11.3. The van der Waals surface area contributed by atoms with Crippen molar-refractivity contribution in [2.75, 3.05) is 7.11 Å². The average Bonchev–Trinajstić information content (AvgIpc) is 2.62. The van der Waals surface area contributed by atoms with Crippen molar-refractivity contribution in [1.29, 1.82) is 0 Å². The van der Waals surface area contributed by atoms with Crippen LogP contribution >= 0.6 is 0 Å². The van der Waals surface area contributed by atoms with Crippen LogP contribution in [0.3, 0.4) is 0 Å². The summed E-state index contributed by atoms with van der Waals surface area (Å²) >= 11 is 0. The zero-order valence-corrected chi connectivity index (χ0v) is 12.1. The standard InChI is InChI=1S/C14H19NO3S/c1-9-12(5-6-13(15-9)18-2)14(16)7-10-3-4-11(8-14)19(10)17/h5-6,10-11,16H,3-4,7-8H2,1-2H3. The van der Waals surface area contributed by atoms with E-state index in [0.29, 0.717) is 18.7 Å². The molecule has 4 nitrogen and oxygen atoms in total. The van der Waals surface area contributed by atoms with E-state index in [0.717, 1.165) is 24.1 Å². The van der Waals surface area contributed by atoms with Gasteiger partial charge in [-0.25, -0.2) is 4.98 Å². The highest BCUT2D eigenvalue weighted by Gasteiger charge is 2.48. The number of nitrogens with zero attached hydrogens (tertiary/aromatic N) is 1. The van der Waals surface area contributed by atoms with Crippen LogP contribution in [0.2, 0.25) is 0 Å². The minimum absolute atomic E-state index is 0.144. The Morgan fingerprint density at radius 1 is 1.37 bits per heavy atom. The highest BCUT2D eigenvalue weighted by atomic mass is 32.2. The molecule has 2 aliphatic heterocycles. The lowest BCUT2D eigenvalue weighted by molar-refractivity contribution is 0.0174. The van der Waals surface area contributed by atoms with Gasteiger partial charge in [0, 0.05) is 38.6 Å². The molecule has 3 rings (SSSR count). The predicted octanol–water partition coefficient (Wildman–Crippen LogP) is 1.66. The van der Waals surface area contributed by atoms with Gasteiger partial charge in [0.2, 0.25) is 5.88 Å². The Morgan fingerprint density at radius 3 is 2.53 bits per heavy atom. The fourth-order valence-corrected chi connectivity index (χ4v) is 5.61. The maximum atomic E-state index is 12.1. The molecule has 2 atom stereocenters. The van der Waals surface area contributed by atoms with Gasteiger partial charge in [0.25, 0.3) is 0 Å². The van der Waals surface area contributed by atoms with Crippen LogP contribution in [0.4, 0.5) is 0 Å². The van der Waals surface area contributed by atoms with Gasteiger partial charge in [-0.3, -0.25) is 4.21 Å². The monoisotopic (exact) mass is 281 g/mol. The minimum Gasteiger partial charge on any atom is -0.481 e. The lowest BCUT2D eigenvalue weighted by Crippen LogP contribution is -2.40. The fourth-order valence-electron chi connectivity index (χ4n) is 3.44. The first kappa shape index (κ1) is 13.1. The number of methoxy groups -OCH3 is 1. The van der Waals surface area contributed by atoms with E-state index >= 15 is 0 Å². The first-order valence-electron chi connectivity index (χ1n) is 6.67. The Balaban J connectivity index is 1.95. The summed E-state index contributed by atoms with van der Waals surface area (Å²) in [5.41, 5.74) is 0.791. The van der Waals surface area contributed by atoms with Crippen molar-refractivity contribution in [1.82, 2.24) is 4.98 Å². The molecule has 1 aromatic heterocycles. The molecular formula is C14H19NO3S. The van der Waals surface area contributed by atoms with Gasteiger partial charge < -0.3 is 9.84 Å². The van der Waals surface area contributed by atoms with Crippen LogP contribution in [-0.4, -0.2) is 31.9 Å². The zero-order valence-electron chi connectivity index (χ0n) is 11.3. The molecule has 3 heterocycles. The maximum Gasteiger partial charge on any atom is 0.213 e. The Labute approximate surface area is 115 Å². The number of aromatic nitrogens is 1. The van der Waals surface area contributed by atoms with Gasteiger partial charge in [0.1, 0.15) is 0 Å². The van der Waals surface area contributed by atoms with E-state index in [-0.39, 0.29) is 10.5 Å². The summed E-state index contributed by atoms with van der Waals surface area (Å²) in [5.74, 6) is 0.562. The molecular weight excluding hydrogens is 262 g/mol. The van der Waals surface area contributed by atoms with Crippen molar-refractivity contribution < 1.29 is 14.1 Å². The van der Waals surface area contributed by atoms with E-state index in [9.17, 15) is 9.32 Å². The smallest absolute Gasteiger partial charge is 0.213 e.